The maximum atomic E-state index is 13.2. The van der Waals surface area contributed by atoms with Gasteiger partial charge < -0.3 is 19.5 Å². The topological polar surface area (TPSA) is 76.5 Å². The van der Waals surface area contributed by atoms with Crippen LogP contribution in [0.4, 0.5) is 10.8 Å². The number of anilines is 2. The molecule has 8 heteroatoms. The van der Waals surface area contributed by atoms with Crippen LogP contribution >= 0.6 is 11.3 Å². The third kappa shape index (κ3) is 4.92. The quantitative estimate of drug-likeness (QED) is 0.758. The van der Waals surface area contributed by atoms with Crippen LogP contribution in [-0.2, 0) is 9.53 Å². The Morgan fingerprint density at radius 1 is 1.27 bits per heavy atom. The molecular formula is C22H30N4O3S. The highest BCUT2D eigenvalue weighted by Crippen LogP contribution is 2.32. The van der Waals surface area contributed by atoms with E-state index in [9.17, 15) is 9.59 Å². The number of hydrogen-bond acceptors (Lipinski definition) is 6. The number of nitrogens with zero attached hydrogens (tertiary/aromatic N) is 3. The molecule has 1 atom stereocenters. The minimum Gasteiger partial charge on any atom is -0.378 e. The Kier molecular flexibility index (Phi) is 6.84. The molecule has 2 aromatic heterocycles. The van der Waals surface area contributed by atoms with Crippen molar-refractivity contribution < 1.29 is 9.53 Å². The normalized spacial score (nSPS) is 18.9. The van der Waals surface area contributed by atoms with Gasteiger partial charge in [0.25, 0.3) is 5.56 Å². The summed E-state index contributed by atoms with van der Waals surface area (Å²) in [6, 6.07) is 3.17. The van der Waals surface area contributed by atoms with Crippen molar-refractivity contribution in [3.05, 3.63) is 39.8 Å². The number of aromatic nitrogens is 2. The fraction of sp³-hybridized carbons (Fsp3) is 0.591. The predicted molar refractivity (Wildman–Crippen MR) is 119 cm³/mol. The summed E-state index contributed by atoms with van der Waals surface area (Å²) in [7, 11) is 0. The lowest BCUT2D eigenvalue weighted by Gasteiger charge is -2.31. The van der Waals surface area contributed by atoms with Crippen molar-refractivity contribution in [3.8, 4) is 0 Å². The number of aryl methyl sites for hydroxylation is 1. The molecule has 3 heterocycles. The van der Waals surface area contributed by atoms with Crippen molar-refractivity contribution >= 4 is 28.1 Å². The molecule has 30 heavy (non-hydrogen) atoms. The maximum Gasteiger partial charge on any atom is 0.253 e. The first kappa shape index (κ1) is 21.1. The molecule has 0 unspecified atom stereocenters. The predicted octanol–water partition coefficient (Wildman–Crippen LogP) is 3.60. The minimum absolute atomic E-state index is 0.119. The van der Waals surface area contributed by atoms with Crippen LogP contribution < -0.4 is 15.8 Å². The molecule has 1 N–H and O–H groups in total. The molecule has 1 saturated heterocycles. The zero-order chi connectivity index (χ0) is 20.9. The van der Waals surface area contributed by atoms with Gasteiger partial charge in [0.05, 0.1) is 13.2 Å². The summed E-state index contributed by atoms with van der Waals surface area (Å²) >= 11 is 1.39. The molecule has 0 radical (unpaired) electrons. The Balaban J connectivity index is 1.62. The van der Waals surface area contributed by atoms with Gasteiger partial charge in [0.2, 0.25) is 5.91 Å². The number of thiazole rings is 1. The molecule has 1 aliphatic heterocycles. The van der Waals surface area contributed by atoms with E-state index >= 15 is 0 Å². The number of hydrogen-bond donors (Lipinski definition) is 1. The average molecular weight is 431 g/mol. The SMILES string of the molecule is Cc1cc(N2CCOCC2)cc(=O)n1[C@H](CC1CCCCC1)C(=O)Nc1nccs1. The van der Waals surface area contributed by atoms with Crippen LogP contribution in [0.3, 0.4) is 0 Å². The second kappa shape index (κ2) is 9.75. The smallest absolute Gasteiger partial charge is 0.253 e. The van der Waals surface area contributed by atoms with Gasteiger partial charge in [-0.05, 0) is 25.3 Å². The molecule has 0 aromatic carbocycles. The first-order valence-electron chi connectivity index (χ1n) is 10.9. The molecule has 1 amide bonds. The third-order valence-corrected chi connectivity index (χ3v) is 6.87. The lowest BCUT2D eigenvalue weighted by molar-refractivity contribution is -0.120. The molecular weight excluding hydrogens is 400 g/mol. The molecule has 1 aliphatic carbocycles. The van der Waals surface area contributed by atoms with E-state index in [1.807, 2.05) is 18.4 Å². The van der Waals surface area contributed by atoms with Crippen LogP contribution in [0.2, 0.25) is 0 Å². The summed E-state index contributed by atoms with van der Waals surface area (Å²) < 4.78 is 7.11. The van der Waals surface area contributed by atoms with Gasteiger partial charge in [-0.2, -0.15) is 0 Å². The zero-order valence-electron chi connectivity index (χ0n) is 17.5. The van der Waals surface area contributed by atoms with Gasteiger partial charge in [0.1, 0.15) is 6.04 Å². The highest BCUT2D eigenvalue weighted by atomic mass is 32.1. The fourth-order valence-corrected chi connectivity index (χ4v) is 5.17. The second-order valence-electron chi connectivity index (χ2n) is 8.24. The lowest BCUT2D eigenvalue weighted by atomic mass is 9.84. The summed E-state index contributed by atoms with van der Waals surface area (Å²) in [5.74, 6) is 0.316. The van der Waals surface area contributed by atoms with Crippen molar-refractivity contribution in [1.29, 1.82) is 0 Å². The number of amides is 1. The van der Waals surface area contributed by atoms with Crippen LogP contribution in [0.25, 0.3) is 0 Å². The Labute approximate surface area is 181 Å². The number of rotatable bonds is 6. The van der Waals surface area contributed by atoms with Gasteiger partial charge in [0.15, 0.2) is 5.13 Å². The van der Waals surface area contributed by atoms with Crippen LogP contribution in [0.5, 0.6) is 0 Å². The Morgan fingerprint density at radius 2 is 2.03 bits per heavy atom. The van der Waals surface area contributed by atoms with E-state index in [1.54, 1.807) is 16.8 Å². The average Bonchev–Trinajstić information content (AvgIpc) is 3.27. The van der Waals surface area contributed by atoms with Crippen molar-refractivity contribution in [2.24, 2.45) is 5.92 Å². The summed E-state index contributed by atoms with van der Waals surface area (Å²) in [4.78, 5) is 32.8. The Hall–Kier alpha value is -2.19. The third-order valence-electron chi connectivity index (χ3n) is 6.18. The number of carbonyl (C=O) groups is 1. The Morgan fingerprint density at radius 3 is 2.70 bits per heavy atom. The summed E-state index contributed by atoms with van der Waals surface area (Å²) in [5.41, 5.74) is 1.61. The summed E-state index contributed by atoms with van der Waals surface area (Å²) in [6.07, 6.45) is 8.28. The number of ether oxygens (including phenoxy) is 1. The minimum atomic E-state index is -0.525. The molecule has 0 spiro atoms. The van der Waals surface area contributed by atoms with Gasteiger partial charge in [-0.15, -0.1) is 11.3 Å². The van der Waals surface area contributed by atoms with Crippen molar-refractivity contribution in [2.45, 2.75) is 51.5 Å². The summed E-state index contributed by atoms with van der Waals surface area (Å²) in [5, 5.41) is 5.33. The van der Waals surface area contributed by atoms with Gasteiger partial charge in [0, 0.05) is 42.1 Å². The van der Waals surface area contributed by atoms with Crippen LogP contribution in [-0.4, -0.2) is 41.8 Å². The number of nitrogens with one attached hydrogen (secondary N) is 1. The van der Waals surface area contributed by atoms with E-state index < -0.39 is 6.04 Å². The fourth-order valence-electron chi connectivity index (χ4n) is 4.64. The number of pyridine rings is 1. The van der Waals surface area contributed by atoms with Crippen molar-refractivity contribution in [3.63, 3.8) is 0 Å². The van der Waals surface area contributed by atoms with Crippen molar-refractivity contribution in [2.75, 3.05) is 36.5 Å². The summed E-state index contributed by atoms with van der Waals surface area (Å²) in [6.45, 7) is 4.82. The first-order chi connectivity index (χ1) is 14.6. The lowest BCUT2D eigenvalue weighted by Crippen LogP contribution is -2.39. The molecule has 4 rings (SSSR count). The van der Waals surface area contributed by atoms with E-state index in [0.717, 1.165) is 37.3 Å². The van der Waals surface area contributed by atoms with Gasteiger partial charge in [-0.3, -0.25) is 9.59 Å². The molecule has 7 nitrogen and oxygen atoms in total. The standard InChI is InChI=1S/C22H30N4O3S/c1-16-13-18(25-8-10-29-11-9-25)15-20(27)26(16)19(14-17-5-3-2-4-6-17)21(28)24-22-23-7-12-30-22/h7,12-13,15,17,19H,2-6,8-11,14H2,1H3,(H,23,24,28)/t19-/m1/s1. The van der Waals surface area contributed by atoms with Gasteiger partial charge >= 0.3 is 0 Å². The van der Waals surface area contributed by atoms with Crippen LogP contribution in [0, 0.1) is 12.8 Å². The number of morpholine rings is 1. The molecule has 1 saturated carbocycles. The molecule has 2 fully saturated rings. The zero-order valence-corrected chi connectivity index (χ0v) is 18.3. The molecule has 0 bridgehead atoms. The molecule has 162 valence electrons. The Bertz CT molecular complexity index is 900. The van der Waals surface area contributed by atoms with E-state index in [-0.39, 0.29) is 11.5 Å². The largest absolute Gasteiger partial charge is 0.378 e. The first-order valence-corrected chi connectivity index (χ1v) is 11.8. The van der Waals surface area contributed by atoms with E-state index in [1.165, 1.54) is 30.6 Å². The van der Waals surface area contributed by atoms with Crippen molar-refractivity contribution in [1.82, 2.24) is 9.55 Å². The van der Waals surface area contributed by atoms with Crippen LogP contribution in [0.1, 0.15) is 50.3 Å². The monoisotopic (exact) mass is 430 g/mol. The maximum absolute atomic E-state index is 13.2. The number of carbonyl (C=O) groups excluding carboxylic acids is 1. The van der Waals surface area contributed by atoms with Crippen LogP contribution in [0.15, 0.2) is 28.5 Å². The van der Waals surface area contributed by atoms with Gasteiger partial charge in [-0.1, -0.05) is 32.1 Å². The van der Waals surface area contributed by atoms with E-state index in [0.29, 0.717) is 30.7 Å². The molecule has 2 aromatic rings. The van der Waals surface area contributed by atoms with Gasteiger partial charge in [-0.25, -0.2) is 4.98 Å². The molecule has 2 aliphatic rings. The van der Waals surface area contributed by atoms with E-state index in [4.69, 9.17) is 4.74 Å². The second-order valence-corrected chi connectivity index (χ2v) is 9.14. The highest BCUT2D eigenvalue weighted by molar-refractivity contribution is 7.13. The van der Waals surface area contributed by atoms with E-state index in [2.05, 4.69) is 15.2 Å². The highest BCUT2D eigenvalue weighted by Gasteiger charge is 2.28.